The molecule has 4 atom stereocenters. The minimum Gasteiger partial charge on any atom is -0.496 e. The number of carbonyl (C=O) groups is 3. The van der Waals surface area contributed by atoms with Crippen LogP contribution in [-0.2, 0) is 14.3 Å². The van der Waals surface area contributed by atoms with Crippen molar-refractivity contribution in [3.63, 3.8) is 0 Å². The zero-order chi connectivity index (χ0) is 27.1. The van der Waals surface area contributed by atoms with Crippen LogP contribution in [0, 0.1) is 29.0 Å². The molecule has 1 aromatic carbocycles. The summed E-state index contributed by atoms with van der Waals surface area (Å²) in [7, 11) is 1.35. The van der Waals surface area contributed by atoms with Gasteiger partial charge in [-0.15, -0.1) is 0 Å². The molecule has 1 amide bonds. The molecule has 8 nitrogen and oxygen atoms in total. The number of benzene rings is 1. The van der Waals surface area contributed by atoms with Crippen LogP contribution in [0.25, 0.3) is 0 Å². The van der Waals surface area contributed by atoms with Crippen LogP contribution in [0.3, 0.4) is 0 Å². The summed E-state index contributed by atoms with van der Waals surface area (Å²) in [4.78, 5) is 37.8. The Bertz CT molecular complexity index is 1060. The molecule has 4 unspecified atom stereocenters. The highest BCUT2D eigenvalue weighted by atomic mass is 19.1. The van der Waals surface area contributed by atoms with Crippen LogP contribution in [0.15, 0.2) is 12.1 Å². The summed E-state index contributed by atoms with van der Waals surface area (Å²) in [6.07, 6.45) is 4.37. The smallest absolute Gasteiger partial charge is 0.312 e. The third-order valence-electron chi connectivity index (χ3n) is 8.22. The van der Waals surface area contributed by atoms with Crippen molar-refractivity contribution >= 4 is 17.8 Å². The molecular weight excluding hydrogens is 481 g/mol. The summed E-state index contributed by atoms with van der Waals surface area (Å²) in [5.41, 5.74) is -1.10. The van der Waals surface area contributed by atoms with Gasteiger partial charge in [0.25, 0.3) is 5.91 Å². The number of rotatable bonds is 7. The lowest BCUT2D eigenvalue weighted by molar-refractivity contribution is -0.169. The van der Waals surface area contributed by atoms with Gasteiger partial charge >= 0.3 is 11.9 Å². The van der Waals surface area contributed by atoms with E-state index < -0.39 is 40.7 Å². The Kier molecular flexibility index (Phi) is 7.45. The molecule has 0 radical (unpaired) electrons. The molecule has 3 aliphatic rings. The maximum Gasteiger partial charge on any atom is 0.312 e. The van der Waals surface area contributed by atoms with Crippen LogP contribution in [0.5, 0.6) is 11.5 Å². The normalized spacial score (nSPS) is 31.0. The van der Waals surface area contributed by atoms with Gasteiger partial charge in [-0.1, -0.05) is 0 Å². The van der Waals surface area contributed by atoms with Crippen molar-refractivity contribution in [2.75, 3.05) is 7.11 Å². The third kappa shape index (κ3) is 5.70. The lowest BCUT2D eigenvalue weighted by Crippen LogP contribution is -2.46. The highest BCUT2D eigenvalue weighted by molar-refractivity contribution is 5.98. The number of hydrogen-bond acceptors (Lipinski definition) is 6. The molecule has 3 aliphatic carbocycles. The van der Waals surface area contributed by atoms with Gasteiger partial charge < -0.3 is 24.6 Å². The molecule has 4 rings (SSSR count). The Labute approximate surface area is 217 Å². The molecule has 0 spiro atoms. The van der Waals surface area contributed by atoms with Gasteiger partial charge in [0, 0.05) is 12.1 Å². The van der Waals surface area contributed by atoms with Crippen LogP contribution in [-0.4, -0.2) is 47.8 Å². The van der Waals surface area contributed by atoms with Crippen molar-refractivity contribution < 1.29 is 38.1 Å². The largest absolute Gasteiger partial charge is 0.496 e. The second-order valence-electron chi connectivity index (χ2n) is 12.1. The number of esters is 1. The topological polar surface area (TPSA) is 111 Å². The van der Waals surface area contributed by atoms with E-state index in [0.717, 1.165) is 25.3 Å². The second kappa shape index (κ2) is 10.1. The van der Waals surface area contributed by atoms with Crippen molar-refractivity contribution in [3.8, 4) is 11.5 Å². The summed E-state index contributed by atoms with van der Waals surface area (Å²) in [5.74, 6) is -2.75. The van der Waals surface area contributed by atoms with Crippen LogP contribution in [0.4, 0.5) is 4.39 Å². The first kappa shape index (κ1) is 27.2. The van der Waals surface area contributed by atoms with Crippen LogP contribution >= 0.6 is 0 Å². The van der Waals surface area contributed by atoms with Gasteiger partial charge in [0.1, 0.15) is 11.4 Å². The number of carbonyl (C=O) groups excluding carboxylic acids is 2. The molecule has 204 valence electrons. The van der Waals surface area contributed by atoms with E-state index in [-0.39, 0.29) is 41.0 Å². The average Bonchev–Trinajstić information content (AvgIpc) is 3.42. The molecule has 0 aliphatic heterocycles. The maximum absolute atomic E-state index is 14.9. The highest BCUT2D eigenvalue weighted by Crippen LogP contribution is 2.49. The first-order valence-electron chi connectivity index (χ1n) is 13.1. The number of nitrogens with one attached hydrogen (secondary N) is 1. The van der Waals surface area contributed by atoms with E-state index in [0.29, 0.717) is 25.7 Å². The van der Waals surface area contributed by atoms with E-state index in [4.69, 9.17) is 14.2 Å². The minimum absolute atomic E-state index is 0.0542. The Morgan fingerprint density at radius 3 is 2.30 bits per heavy atom. The van der Waals surface area contributed by atoms with Gasteiger partial charge in [-0.25, -0.2) is 4.39 Å². The van der Waals surface area contributed by atoms with E-state index >= 15 is 0 Å². The van der Waals surface area contributed by atoms with Gasteiger partial charge in [-0.2, -0.15) is 0 Å². The zero-order valence-electron chi connectivity index (χ0n) is 22.3. The number of carboxylic acids is 1. The van der Waals surface area contributed by atoms with Crippen LogP contribution in [0.1, 0.15) is 83.0 Å². The van der Waals surface area contributed by atoms with Crippen molar-refractivity contribution in [3.05, 3.63) is 23.5 Å². The maximum atomic E-state index is 14.9. The molecule has 3 fully saturated rings. The Morgan fingerprint density at radius 2 is 1.70 bits per heavy atom. The summed E-state index contributed by atoms with van der Waals surface area (Å²) in [6, 6.07) is 1.98. The van der Waals surface area contributed by atoms with Crippen molar-refractivity contribution in [1.29, 1.82) is 0 Å². The molecular formula is C28H38FNO7. The van der Waals surface area contributed by atoms with Gasteiger partial charge in [-0.3, -0.25) is 14.4 Å². The minimum atomic E-state index is -0.900. The predicted octanol–water partition coefficient (Wildman–Crippen LogP) is 4.73. The lowest BCUT2D eigenvalue weighted by Gasteiger charge is -2.37. The van der Waals surface area contributed by atoms with Gasteiger partial charge in [-0.05, 0) is 90.5 Å². The molecule has 0 saturated heterocycles. The predicted molar refractivity (Wildman–Crippen MR) is 133 cm³/mol. The Balaban J connectivity index is 1.45. The van der Waals surface area contributed by atoms with Crippen LogP contribution in [0.2, 0.25) is 0 Å². The molecule has 0 aromatic heterocycles. The molecule has 2 N–H and O–H groups in total. The van der Waals surface area contributed by atoms with Gasteiger partial charge in [0.15, 0.2) is 11.6 Å². The van der Waals surface area contributed by atoms with E-state index in [9.17, 15) is 23.9 Å². The first-order chi connectivity index (χ1) is 17.3. The lowest BCUT2D eigenvalue weighted by atomic mass is 9.74. The zero-order valence-corrected chi connectivity index (χ0v) is 22.3. The van der Waals surface area contributed by atoms with Crippen molar-refractivity contribution in [2.24, 2.45) is 23.2 Å². The summed E-state index contributed by atoms with van der Waals surface area (Å²) in [5, 5.41) is 12.6. The summed E-state index contributed by atoms with van der Waals surface area (Å²) < 4.78 is 31.7. The number of amides is 1. The molecule has 2 bridgehead atoms. The number of ether oxygens (including phenoxy) is 3. The number of hydrogen-bond donors (Lipinski definition) is 2. The van der Waals surface area contributed by atoms with E-state index in [1.54, 1.807) is 0 Å². The number of halogens is 1. The standard InChI is InChI=1S/C28H38FNO7/c1-27(2,3)37-26(34)28(4)10-8-17(9-11-28)36-21-13-18(20(35-5)14-19(21)29)24(31)30-23-16-7-6-15(12-16)22(23)25(32)33/h13-17,22-23H,6-12H2,1-5H3,(H,30,31)(H,32,33). The van der Waals surface area contributed by atoms with Gasteiger partial charge in [0.2, 0.25) is 0 Å². The highest BCUT2D eigenvalue weighted by Gasteiger charge is 2.51. The Hall–Kier alpha value is -2.84. The molecule has 37 heavy (non-hydrogen) atoms. The number of carboxylic acid groups (broad SMARTS) is 1. The quantitative estimate of drug-likeness (QED) is 0.501. The fraction of sp³-hybridized carbons (Fsp3) is 0.679. The first-order valence-corrected chi connectivity index (χ1v) is 13.1. The summed E-state index contributed by atoms with van der Waals surface area (Å²) >= 11 is 0. The van der Waals surface area contributed by atoms with E-state index in [2.05, 4.69) is 5.32 Å². The van der Waals surface area contributed by atoms with Crippen molar-refractivity contribution in [1.82, 2.24) is 5.32 Å². The monoisotopic (exact) mass is 519 g/mol. The van der Waals surface area contributed by atoms with Crippen molar-refractivity contribution in [2.45, 2.75) is 90.4 Å². The Morgan fingerprint density at radius 1 is 1.05 bits per heavy atom. The third-order valence-corrected chi connectivity index (χ3v) is 8.22. The van der Waals surface area contributed by atoms with Gasteiger partial charge in [0.05, 0.1) is 30.1 Å². The second-order valence-corrected chi connectivity index (χ2v) is 12.1. The van der Waals surface area contributed by atoms with E-state index in [1.165, 1.54) is 13.2 Å². The SMILES string of the molecule is COc1cc(F)c(OC2CCC(C)(C(=O)OC(C)(C)C)CC2)cc1C(=O)NC1C2CCC(C2)C1C(=O)O. The molecule has 3 saturated carbocycles. The summed E-state index contributed by atoms with van der Waals surface area (Å²) in [6.45, 7) is 7.39. The number of fused-ring (bicyclic) bond motifs is 2. The number of aliphatic carboxylic acids is 1. The fourth-order valence-corrected chi connectivity index (χ4v) is 6.19. The molecule has 9 heteroatoms. The van der Waals surface area contributed by atoms with Crippen LogP contribution < -0.4 is 14.8 Å². The fourth-order valence-electron chi connectivity index (χ4n) is 6.19. The van der Waals surface area contributed by atoms with E-state index in [1.807, 2.05) is 27.7 Å². The average molecular weight is 520 g/mol. The molecule has 1 aromatic rings. The number of methoxy groups -OCH3 is 1. The molecule has 0 heterocycles.